The van der Waals surface area contributed by atoms with Gasteiger partial charge in [0, 0.05) is 12.2 Å². The average Bonchev–Trinajstić information content (AvgIpc) is 2.42. The van der Waals surface area contributed by atoms with Crippen LogP contribution in [0.1, 0.15) is 22.3 Å². The molecule has 0 saturated carbocycles. The molecule has 0 heterocycles. The van der Waals surface area contributed by atoms with E-state index in [9.17, 15) is 4.39 Å². The lowest BCUT2D eigenvalue weighted by Crippen LogP contribution is -2.28. The summed E-state index contributed by atoms with van der Waals surface area (Å²) in [7, 11) is 0. The van der Waals surface area contributed by atoms with E-state index in [4.69, 9.17) is 12.2 Å². The van der Waals surface area contributed by atoms with Gasteiger partial charge in [-0.3, -0.25) is 0 Å². The number of benzene rings is 2. The molecule has 2 rings (SSSR count). The monoisotopic (exact) mass is 302 g/mol. The van der Waals surface area contributed by atoms with Gasteiger partial charge < -0.3 is 10.6 Å². The van der Waals surface area contributed by atoms with Gasteiger partial charge in [-0.05, 0) is 61.8 Å². The highest BCUT2D eigenvalue weighted by molar-refractivity contribution is 7.80. The normalized spacial score (nSPS) is 10.3. The Kier molecular flexibility index (Phi) is 4.91. The zero-order valence-electron chi connectivity index (χ0n) is 12.5. The predicted molar refractivity (Wildman–Crippen MR) is 90.1 cm³/mol. The maximum atomic E-state index is 12.8. The van der Waals surface area contributed by atoms with E-state index in [1.165, 1.54) is 28.8 Å². The standard InChI is InChI=1S/C17H19FN2S/c1-11-8-12(2)16(13(3)9-11)20-17(21)19-10-14-4-6-15(18)7-5-14/h4-9H,10H2,1-3H3,(H2,19,20,21). The Morgan fingerprint density at radius 3 is 2.19 bits per heavy atom. The Hall–Kier alpha value is -1.94. The Balaban J connectivity index is 1.97. The lowest BCUT2D eigenvalue weighted by Gasteiger charge is -2.15. The number of hydrogen-bond donors (Lipinski definition) is 2. The van der Waals surface area contributed by atoms with Crippen LogP contribution in [0.15, 0.2) is 36.4 Å². The lowest BCUT2D eigenvalue weighted by molar-refractivity contribution is 0.627. The second-order valence-corrected chi connectivity index (χ2v) is 5.62. The highest BCUT2D eigenvalue weighted by atomic mass is 32.1. The molecule has 21 heavy (non-hydrogen) atoms. The second kappa shape index (κ2) is 6.68. The van der Waals surface area contributed by atoms with E-state index in [1.807, 2.05) is 0 Å². The van der Waals surface area contributed by atoms with Crippen LogP contribution < -0.4 is 10.6 Å². The van der Waals surface area contributed by atoms with Gasteiger partial charge in [-0.15, -0.1) is 0 Å². The van der Waals surface area contributed by atoms with Crippen LogP contribution in [-0.2, 0) is 6.54 Å². The van der Waals surface area contributed by atoms with Crippen molar-refractivity contribution in [2.24, 2.45) is 0 Å². The second-order valence-electron chi connectivity index (χ2n) is 5.21. The van der Waals surface area contributed by atoms with Crippen molar-refractivity contribution in [3.63, 3.8) is 0 Å². The molecule has 2 N–H and O–H groups in total. The van der Waals surface area contributed by atoms with Gasteiger partial charge in [-0.1, -0.05) is 29.8 Å². The van der Waals surface area contributed by atoms with Gasteiger partial charge in [-0.25, -0.2) is 4.39 Å². The molecule has 2 aromatic rings. The third-order valence-electron chi connectivity index (χ3n) is 3.28. The molecule has 0 aliphatic rings. The van der Waals surface area contributed by atoms with Gasteiger partial charge in [0.15, 0.2) is 5.11 Å². The first kappa shape index (κ1) is 15.4. The van der Waals surface area contributed by atoms with E-state index in [2.05, 4.69) is 43.5 Å². The predicted octanol–water partition coefficient (Wildman–Crippen LogP) is 4.24. The molecular weight excluding hydrogens is 283 g/mol. The average molecular weight is 302 g/mol. The van der Waals surface area contributed by atoms with Crippen LogP contribution in [-0.4, -0.2) is 5.11 Å². The first-order valence-electron chi connectivity index (χ1n) is 6.83. The first-order chi connectivity index (χ1) is 9.95. The molecule has 4 heteroatoms. The van der Waals surface area contributed by atoms with Gasteiger partial charge in [0.1, 0.15) is 5.82 Å². The highest BCUT2D eigenvalue weighted by Crippen LogP contribution is 2.21. The van der Waals surface area contributed by atoms with Gasteiger partial charge in [-0.2, -0.15) is 0 Å². The number of anilines is 1. The Morgan fingerprint density at radius 2 is 1.62 bits per heavy atom. The minimum absolute atomic E-state index is 0.231. The van der Waals surface area contributed by atoms with E-state index in [0.29, 0.717) is 11.7 Å². The molecule has 0 saturated heterocycles. The Bertz CT molecular complexity index is 627. The largest absolute Gasteiger partial charge is 0.358 e. The number of nitrogens with one attached hydrogen (secondary N) is 2. The minimum atomic E-state index is -0.231. The molecule has 0 unspecified atom stereocenters. The topological polar surface area (TPSA) is 24.1 Å². The summed E-state index contributed by atoms with van der Waals surface area (Å²) in [5, 5.41) is 6.93. The molecule has 0 aliphatic carbocycles. The quantitative estimate of drug-likeness (QED) is 0.829. The summed E-state index contributed by atoms with van der Waals surface area (Å²) in [4.78, 5) is 0. The van der Waals surface area contributed by atoms with E-state index in [0.717, 1.165) is 11.3 Å². The third-order valence-corrected chi connectivity index (χ3v) is 3.53. The van der Waals surface area contributed by atoms with Crippen LogP contribution in [0.3, 0.4) is 0 Å². The van der Waals surface area contributed by atoms with Crippen LogP contribution in [0.2, 0.25) is 0 Å². The smallest absolute Gasteiger partial charge is 0.171 e. The van der Waals surface area contributed by atoms with E-state index < -0.39 is 0 Å². The molecule has 0 radical (unpaired) electrons. The van der Waals surface area contributed by atoms with Crippen molar-refractivity contribution in [1.29, 1.82) is 0 Å². The molecular formula is C17H19FN2S. The fourth-order valence-corrected chi connectivity index (χ4v) is 2.49. The van der Waals surface area contributed by atoms with Crippen molar-refractivity contribution >= 4 is 23.0 Å². The first-order valence-corrected chi connectivity index (χ1v) is 7.23. The molecule has 2 nitrogen and oxygen atoms in total. The number of aryl methyl sites for hydroxylation is 3. The highest BCUT2D eigenvalue weighted by Gasteiger charge is 2.05. The lowest BCUT2D eigenvalue weighted by atomic mass is 10.1. The molecule has 2 aromatic carbocycles. The van der Waals surface area contributed by atoms with Crippen molar-refractivity contribution in [2.75, 3.05) is 5.32 Å². The number of thiocarbonyl (C=S) groups is 1. The van der Waals surface area contributed by atoms with Gasteiger partial charge in [0.05, 0.1) is 0 Å². The molecule has 0 aliphatic heterocycles. The zero-order valence-corrected chi connectivity index (χ0v) is 13.3. The SMILES string of the molecule is Cc1cc(C)c(NC(=S)NCc2ccc(F)cc2)c(C)c1. The van der Waals surface area contributed by atoms with E-state index >= 15 is 0 Å². The summed E-state index contributed by atoms with van der Waals surface area (Å²) >= 11 is 5.32. The molecule has 110 valence electrons. The van der Waals surface area contributed by atoms with Crippen LogP contribution >= 0.6 is 12.2 Å². The van der Waals surface area contributed by atoms with Crippen molar-refractivity contribution < 1.29 is 4.39 Å². The fraction of sp³-hybridized carbons (Fsp3) is 0.235. The minimum Gasteiger partial charge on any atom is -0.358 e. The summed E-state index contributed by atoms with van der Waals surface area (Å²) in [5.41, 5.74) is 5.59. The van der Waals surface area contributed by atoms with Crippen molar-refractivity contribution in [2.45, 2.75) is 27.3 Å². The van der Waals surface area contributed by atoms with E-state index in [-0.39, 0.29) is 5.82 Å². The molecule has 0 atom stereocenters. The van der Waals surface area contributed by atoms with Crippen LogP contribution in [0.4, 0.5) is 10.1 Å². The summed E-state index contributed by atoms with van der Waals surface area (Å²) in [5.74, 6) is -0.231. The Morgan fingerprint density at radius 1 is 1.05 bits per heavy atom. The van der Waals surface area contributed by atoms with Gasteiger partial charge in [0.25, 0.3) is 0 Å². The third kappa shape index (κ3) is 4.26. The number of rotatable bonds is 3. The van der Waals surface area contributed by atoms with Gasteiger partial charge >= 0.3 is 0 Å². The zero-order chi connectivity index (χ0) is 15.4. The molecule has 0 bridgehead atoms. The van der Waals surface area contributed by atoms with E-state index in [1.54, 1.807) is 12.1 Å². The maximum Gasteiger partial charge on any atom is 0.171 e. The summed E-state index contributed by atoms with van der Waals surface area (Å²) in [6, 6.07) is 10.6. The summed E-state index contributed by atoms with van der Waals surface area (Å²) in [6.45, 7) is 6.76. The van der Waals surface area contributed by atoms with Crippen molar-refractivity contribution in [1.82, 2.24) is 5.32 Å². The molecule has 0 spiro atoms. The van der Waals surface area contributed by atoms with Gasteiger partial charge in [0.2, 0.25) is 0 Å². The van der Waals surface area contributed by atoms with Crippen molar-refractivity contribution in [3.8, 4) is 0 Å². The molecule has 0 fully saturated rings. The fourth-order valence-electron chi connectivity index (χ4n) is 2.32. The number of halogens is 1. The summed E-state index contributed by atoms with van der Waals surface area (Å²) < 4.78 is 12.8. The van der Waals surface area contributed by atoms with Crippen LogP contribution in [0.5, 0.6) is 0 Å². The van der Waals surface area contributed by atoms with Crippen LogP contribution in [0.25, 0.3) is 0 Å². The maximum absolute atomic E-state index is 12.8. The Labute approximate surface area is 130 Å². The molecule has 0 aromatic heterocycles. The number of hydrogen-bond acceptors (Lipinski definition) is 1. The summed E-state index contributed by atoms with van der Waals surface area (Å²) in [6.07, 6.45) is 0. The van der Waals surface area contributed by atoms with Crippen LogP contribution in [0, 0.1) is 26.6 Å². The van der Waals surface area contributed by atoms with Crippen molar-refractivity contribution in [3.05, 3.63) is 64.5 Å². The molecule has 0 amide bonds.